The van der Waals surface area contributed by atoms with E-state index in [2.05, 4.69) is 36.3 Å². The number of carbonyl (C=O) groups excluding carboxylic acids is 1. The fraction of sp³-hybridized carbons (Fsp3) is 0.100. The SMILES string of the molecule is CC(=O)N1c2ccc(Br)cc2-n2cc(Cc3cccnc3)c(=O)c3cc(OCc4cccc5n[nH]nc45)cc1c32. The Bertz CT molecular complexity index is 2020. The van der Waals surface area contributed by atoms with Crippen molar-refractivity contribution >= 4 is 55.1 Å². The number of aromatic amines is 1. The third kappa shape index (κ3) is 3.95. The van der Waals surface area contributed by atoms with Crippen LogP contribution in [0.5, 0.6) is 5.75 Å². The number of para-hydroxylation sites is 1. The summed E-state index contributed by atoms with van der Waals surface area (Å²) in [4.78, 5) is 32.9. The Morgan fingerprint density at radius 2 is 1.90 bits per heavy atom. The molecule has 9 nitrogen and oxygen atoms in total. The number of nitrogens with zero attached hydrogens (tertiary/aromatic N) is 5. The number of ether oxygens (including phenoxy) is 1. The van der Waals surface area contributed by atoms with Gasteiger partial charge in [0.05, 0.1) is 28.0 Å². The quantitative estimate of drug-likeness (QED) is 0.280. The molecule has 40 heavy (non-hydrogen) atoms. The molecule has 3 aromatic carbocycles. The van der Waals surface area contributed by atoms with Crippen molar-refractivity contribution in [1.82, 2.24) is 25.0 Å². The van der Waals surface area contributed by atoms with Crippen LogP contribution < -0.4 is 15.1 Å². The summed E-state index contributed by atoms with van der Waals surface area (Å²) < 4.78 is 9.11. The van der Waals surface area contributed by atoms with Crippen molar-refractivity contribution in [1.29, 1.82) is 0 Å². The van der Waals surface area contributed by atoms with Gasteiger partial charge in [-0.2, -0.15) is 15.4 Å². The van der Waals surface area contributed by atoms with Crippen LogP contribution in [0.25, 0.3) is 27.6 Å². The number of hydrogen-bond donors (Lipinski definition) is 1. The van der Waals surface area contributed by atoms with Gasteiger partial charge in [-0.3, -0.25) is 19.5 Å². The third-order valence-electron chi connectivity index (χ3n) is 7.06. The second-order valence-electron chi connectivity index (χ2n) is 9.61. The molecule has 7 rings (SSSR count). The van der Waals surface area contributed by atoms with E-state index in [9.17, 15) is 9.59 Å². The van der Waals surface area contributed by atoms with Crippen molar-refractivity contribution in [3.05, 3.63) is 111 Å². The maximum Gasteiger partial charge on any atom is 0.228 e. The summed E-state index contributed by atoms with van der Waals surface area (Å²) in [6.45, 7) is 1.73. The lowest BCUT2D eigenvalue weighted by molar-refractivity contribution is -0.115. The highest BCUT2D eigenvalue weighted by atomic mass is 79.9. The highest BCUT2D eigenvalue weighted by Crippen LogP contribution is 2.44. The standard InChI is InChI=1S/C30H21BrN6O3/c1-17(38)37-25-8-7-21(31)11-26(25)36-15-20(10-18-4-3-9-32-14-18)30(39)23-12-22(13-27(37)29(23)36)40-16-19-5-2-6-24-28(19)34-35-33-24/h2-9,11-15H,10,16H2,1H3,(H,33,34,35). The zero-order valence-corrected chi connectivity index (χ0v) is 22.8. The van der Waals surface area contributed by atoms with Crippen LogP contribution in [0.3, 0.4) is 0 Å². The Morgan fingerprint density at radius 1 is 1.00 bits per heavy atom. The van der Waals surface area contributed by atoms with Crippen LogP contribution in [-0.4, -0.2) is 30.9 Å². The van der Waals surface area contributed by atoms with E-state index >= 15 is 0 Å². The van der Waals surface area contributed by atoms with Gasteiger partial charge < -0.3 is 9.30 Å². The molecule has 4 heterocycles. The number of carbonyl (C=O) groups is 1. The van der Waals surface area contributed by atoms with E-state index in [1.165, 1.54) is 6.92 Å². The number of hydrogen-bond acceptors (Lipinski definition) is 6. The van der Waals surface area contributed by atoms with E-state index in [0.29, 0.717) is 40.0 Å². The highest BCUT2D eigenvalue weighted by molar-refractivity contribution is 9.10. The summed E-state index contributed by atoms with van der Waals surface area (Å²) in [5.74, 6) is 0.296. The molecule has 3 aromatic heterocycles. The predicted molar refractivity (Wildman–Crippen MR) is 155 cm³/mol. The molecule has 1 aliphatic heterocycles. The van der Waals surface area contributed by atoms with Crippen LogP contribution in [0.4, 0.5) is 11.4 Å². The van der Waals surface area contributed by atoms with Gasteiger partial charge >= 0.3 is 0 Å². The molecule has 0 unspecified atom stereocenters. The van der Waals surface area contributed by atoms with E-state index in [1.54, 1.807) is 23.4 Å². The van der Waals surface area contributed by atoms with E-state index in [-0.39, 0.29) is 17.9 Å². The molecule has 0 radical (unpaired) electrons. The molecule has 0 saturated carbocycles. The van der Waals surface area contributed by atoms with E-state index in [1.807, 2.05) is 65.4 Å². The summed E-state index contributed by atoms with van der Waals surface area (Å²) in [5, 5.41) is 11.5. The van der Waals surface area contributed by atoms with Crippen molar-refractivity contribution in [2.45, 2.75) is 20.0 Å². The van der Waals surface area contributed by atoms with Gasteiger partial charge in [0.15, 0.2) is 5.43 Å². The number of pyridine rings is 2. The summed E-state index contributed by atoms with van der Waals surface area (Å²) >= 11 is 3.57. The average molecular weight is 593 g/mol. The summed E-state index contributed by atoms with van der Waals surface area (Å²) in [7, 11) is 0. The molecule has 0 spiro atoms. The predicted octanol–water partition coefficient (Wildman–Crippen LogP) is 5.59. The molecule has 1 N–H and O–H groups in total. The fourth-order valence-electron chi connectivity index (χ4n) is 5.32. The zero-order chi connectivity index (χ0) is 27.4. The lowest BCUT2D eigenvalue weighted by Gasteiger charge is -2.33. The van der Waals surface area contributed by atoms with E-state index in [4.69, 9.17) is 4.74 Å². The third-order valence-corrected chi connectivity index (χ3v) is 7.55. The Kier molecular flexibility index (Phi) is 5.71. The number of benzene rings is 3. The number of anilines is 2. The first kappa shape index (κ1) is 24.2. The first-order chi connectivity index (χ1) is 19.5. The largest absolute Gasteiger partial charge is 0.489 e. The smallest absolute Gasteiger partial charge is 0.228 e. The molecule has 0 fully saturated rings. The number of amides is 1. The Hall–Kier alpha value is -4.83. The van der Waals surface area contributed by atoms with Gasteiger partial charge in [-0.25, -0.2) is 0 Å². The highest BCUT2D eigenvalue weighted by Gasteiger charge is 2.29. The normalized spacial score (nSPS) is 12.1. The van der Waals surface area contributed by atoms with Gasteiger partial charge in [-0.1, -0.05) is 34.1 Å². The van der Waals surface area contributed by atoms with Crippen molar-refractivity contribution in [3.8, 4) is 11.4 Å². The number of H-pyrrole nitrogens is 1. The molecule has 0 aliphatic carbocycles. The Labute approximate surface area is 236 Å². The molecule has 0 bridgehead atoms. The van der Waals surface area contributed by atoms with Gasteiger partial charge in [0, 0.05) is 53.6 Å². The molecule has 196 valence electrons. The first-order valence-electron chi connectivity index (χ1n) is 12.6. The lowest BCUT2D eigenvalue weighted by atomic mass is 10.0. The summed E-state index contributed by atoms with van der Waals surface area (Å²) in [6, 6.07) is 18.8. The van der Waals surface area contributed by atoms with Crippen LogP contribution in [0, 0.1) is 0 Å². The molecule has 1 amide bonds. The van der Waals surface area contributed by atoms with Gasteiger partial charge in [-0.15, -0.1) is 0 Å². The van der Waals surface area contributed by atoms with Crippen LogP contribution in [0.1, 0.15) is 23.6 Å². The second kappa shape index (κ2) is 9.42. The topological polar surface area (TPSA) is 106 Å². The van der Waals surface area contributed by atoms with Gasteiger partial charge in [0.2, 0.25) is 5.91 Å². The summed E-state index contributed by atoms with van der Waals surface area (Å²) in [6.07, 6.45) is 5.75. The van der Waals surface area contributed by atoms with Gasteiger partial charge in [0.25, 0.3) is 0 Å². The molecule has 0 saturated heterocycles. The minimum Gasteiger partial charge on any atom is -0.489 e. The Morgan fingerprint density at radius 3 is 2.73 bits per heavy atom. The van der Waals surface area contributed by atoms with Gasteiger partial charge in [-0.05, 0) is 42.0 Å². The molecular formula is C30H21BrN6O3. The second-order valence-corrected chi connectivity index (χ2v) is 10.5. The molecular weight excluding hydrogens is 572 g/mol. The van der Waals surface area contributed by atoms with Crippen molar-refractivity contribution in [2.75, 3.05) is 4.90 Å². The van der Waals surface area contributed by atoms with Crippen LogP contribution in [-0.2, 0) is 17.8 Å². The first-order valence-corrected chi connectivity index (χ1v) is 13.4. The van der Waals surface area contributed by atoms with Crippen molar-refractivity contribution < 1.29 is 9.53 Å². The number of aromatic nitrogens is 5. The maximum absolute atomic E-state index is 14.0. The minimum absolute atomic E-state index is 0.123. The monoisotopic (exact) mass is 592 g/mol. The lowest BCUT2D eigenvalue weighted by Crippen LogP contribution is -2.29. The number of fused-ring (bicyclic) bond motifs is 3. The fourth-order valence-corrected chi connectivity index (χ4v) is 5.66. The number of nitrogens with one attached hydrogen (secondary N) is 1. The minimum atomic E-state index is -0.174. The van der Waals surface area contributed by atoms with E-state index in [0.717, 1.165) is 32.3 Å². The number of halogens is 1. The average Bonchev–Trinajstić information content (AvgIpc) is 3.44. The van der Waals surface area contributed by atoms with Crippen LogP contribution >= 0.6 is 15.9 Å². The van der Waals surface area contributed by atoms with E-state index < -0.39 is 0 Å². The van der Waals surface area contributed by atoms with Gasteiger partial charge in [0.1, 0.15) is 23.4 Å². The van der Waals surface area contributed by atoms with Crippen molar-refractivity contribution in [2.24, 2.45) is 0 Å². The van der Waals surface area contributed by atoms with Crippen LogP contribution in [0.15, 0.2) is 88.5 Å². The maximum atomic E-state index is 14.0. The molecule has 1 aliphatic rings. The Balaban J connectivity index is 1.44. The molecule has 0 atom stereocenters. The zero-order valence-electron chi connectivity index (χ0n) is 21.3. The molecule has 6 aromatic rings. The summed E-state index contributed by atoms with van der Waals surface area (Å²) in [5.41, 5.74) is 6.45. The van der Waals surface area contributed by atoms with Crippen LogP contribution in [0.2, 0.25) is 0 Å². The molecule has 10 heteroatoms. The van der Waals surface area contributed by atoms with Crippen molar-refractivity contribution in [3.63, 3.8) is 0 Å². The number of rotatable bonds is 5.